The largest absolute Gasteiger partial charge is 0.356 e. The van der Waals surface area contributed by atoms with Crippen LogP contribution in [0.3, 0.4) is 0 Å². The first-order valence-corrected chi connectivity index (χ1v) is 2.94. The van der Waals surface area contributed by atoms with Crippen LogP contribution in [0.4, 0.5) is 0 Å². The molecule has 0 aliphatic rings. The van der Waals surface area contributed by atoms with Crippen LogP contribution in [0.25, 0.3) is 0 Å². The maximum absolute atomic E-state index is 8.05. The van der Waals surface area contributed by atoms with E-state index < -0.39 is 0 Å². The lowest BCUT2D eigenvalue weighted by Crippen LogP contribution is -1.99. The molecule has 0 amide bonds. The number of rotatable bonds is 5. The zero-order chi connectivity index (χ0) is 6.95. The third-order valence-corrected chi connectivity index (χ3v) is 0.729. The van der Waals surface area contributed by atoms with Crippen LogP contribution in [0, 0.1) is 11.3 Å². The van der Waals surface area contributed by atoms with Crippen molar-refractivity contribution in [1.82, 2.24) is 0 Å². The van der Waals surface area contributed by atoms with E-state index in [2.05, 4.69) is 0 Å². The van der Waals surface area contributed by atoms with Crippen molar-refractivity contribution in [3.8, 4) is 6.07 Å². The summed E-state index contributed by atoms with van der Waals surface area (Å²) in [5, 5.41) is 8.05. The lowest BCUT2D eigenvalue weighted by molar-refractivity contribution is -0.0473. The third kappa shape index (κ3) is 7.41. The summed E-state index contributed by atoms with van der Waals surface area (Å²) in [5.74, 6) is 0. The summed E-state index contributed by atoms with van der Waals surface area (Å²) in [6.45, 7) is 3.33. The van der Waals surface area contributed by atoms with Crippen molar-refractivity contribution in [2.75, 3.05) is 20.0 Å². The first-order valence-electron chi connectivity index (χ1n) is 2.94. The van der Waals surface area contributed by atoms with Crippen molar-refractivity contribution in [1.29, 1.82) is 5.26 Å². The molecule has 0 heterocycles. The highest BCUT2D eigenvalue weighted by Gasteiger charge is 1.83. The number of ether oxygens (including phenoxy) is 2. The molecule has 52 valence electrons. The monoisotopic (exact) mass is 129 g/mol. The molecular formula is C6H11NO2. The van der Waals surface area contributed by atoms with Gasteiger partial charge in [0.1, 0.15) is 6.79 Å². The van der Waals surface area contributed by atoms with Gasteiger partial charge in [-0.1, -0.05) is 0 Å². The van der Waals surface area contributed by atoms with Gasteiger partial charge in [0.25, 0.3) is 0 Å². The lowest BCUT2D eigenvalue weighted by Gasteiger charge is -1.98. The molecule has 0 aliphatic heterocycles. The predicted octanol–water partition coefficient (Wildman–Crippen LogP) is 0.911. The Kier molecular flexibility index (Phi) is 6.92. The summed E-state index contributed by atoms with van der Waals surface area (Å²) in [6.07, 6.45) is 0.438. The van der Waals surface area contributed by atoms with Gasteiger partial charge >= 0.3 is 0 Å². The molecule has 0 unspecified atom stereocenters. The number of hydrogen-bond donors (Lipinski definition) is 0. The predicted molar refractivity (Wildman–Crippen MR) is 32.7 cm³/mol. The Morgan fingerprint density at radius 2 is 2.22 bits per heavy atom. The van der Waals surface area contributed by atoms with Gasteiger partial charge < -0.3 is 9.47 Å². The minimum atomic E-state index is 0.304. The molecule has 0 bridgehead atoms. The third-order valence-electron chi connectivity index (χ3n) is 0.729. The standard InChI is InChI=1S/C6H11NO2/c1-2-8-6-9-5-3-4-7/h2-3,5-6H2,1H3. The molecular weight excluding hydrogens is 118 g/mol. The van der Waals surface area contributed by atoms with Crippen molar-refractivity contribution in [2.45, 2.75) is 13.3 Å². The van der Waals surface area contributed by atoms with Crippen LogP contribution in [0.15, 0.2) is 0 Å². The summed E-state index contributed by atoms with van der Waals surface area (Å²) >= 11 is 0. The summed E-state index contributed by atoms with van der Waals surface area (Å²) in [5.41, 5.74) is 0. The molecule has 0 saturated heterocycles. The van der Waals surface area contributed by atoms with Crippen LogP contribution in [0.2, 0.25) is 0 Å². The van der Waals surface area contributed by atoms with E-state index in [0.29, 0.717) is 26.4 Å². The van der Waals surface area contributed by atoms with E-state index in [4.69, 9.17) is 14.7 Å². The van der Waals surface area contributed by atoms with E-state index in [1.54, 1.807) is 0 Å². The average Bonchev–Trinajstić information content (AvgIpc) is 1.89. The van der Waals surface area contributed by atoms with E-state index in [9.17, 15) is 0 Å². The topological polar surface area (TPSA) is 42.2 Å². The van der Waals surface area contributed by atoms with Crippen LogP contribution in [0.1, 0.15) is 13.3 Å². The number of nitrogens with zero attached hydrogens (tertiary/aromatic N) is 1. The van der Waals surface area contributed by atoms with Gasteiger partial charge in [-0.05, 0) is 6.92 Å². The molecule has 0 aromatic carbocycles. The SMILES string of the molecule is CCOCOCCC#N. The lowest BCUT2D eigenvalue weighted by atomic mass is 10.5. The second kappa shape index (κ2) is 7.41. The Morgan fingerprint density at radius 3 is 2.78 bits per heavy atom. The highest BCUT2D eigenvalue weighted by Crippen LogP contribution is 1.80. The minimum absolute atomic E-state index is 0.304. The molecule has 9 heavy (non-hydrogen) atoms. The Labute approximate surface area is 55.2 Å². The van der Waals surface area contributed by atoms with E-state index in [1.165, 1.54) is 0 Å². The van der Waals surface area contributed by atoms with Gasteiger partial charge in [0.15, 0.2) is 0 Å². The zero-order valence-corrected chi connectivity index (χ0v) is 5.59. The quantitative estimate of drug-likeness (QED) is 0.409. The van der Waals surface area contributed by atoms with Gasteiger partial charge in [0.05, 0.1) is 19.1 Å². The zero-order valence-electron chi connectivity index (χ0n) is 5.59. The van der Waals surface area contributed by atoms with Crippen molar-refractivity contribution < 1.29 is 9.47 Å². The Balaban J connectivity index is 2.69. The normalized spacial score (nSPS) is 8.89. The van der Waals surface area contributed by atoms with Crippen molar-refractivity contribution in [3.63, 3.8) is 0 Å². The second-order valence-corrected chi connectivity index (χ2v) is 1.43. The average molecular weight is 129 g/mol. The molecule has 0 radical (unpaired) electrons. The highest BCUT2D eigenvalue weighted by molar-refractivity contribution is 4.66. The molecule has 0 aliphatic carbocycles. The molecule has 0 rings (SSSR count). The van der Waals surface area contributed by atoms with Crippen molar-refractivity contribution in [2.24, 2.45) is 0 Å². The van der Waals surface area contributed by atoms with Crippen LogP contribution in [0.5, 0.6) is 0 Å². The van der Waals surface area contributed by atoms with Gasteiger partial charge in [-0.3, -0.25) is 0 Å². The fourth-order valence-corrected chi connectivity index (χ4v) is 0.319. The first-order chi connectivity index (χ1) is 4.41. The maximum atomic E-state index is 8.05. The van der Waals surface area contributed by atoms with E-state index >= 15 is 0 Å². The van der Waals surface area contributed by atoms with Gasteiger partial charge in [0.2, 0.25) is 0 Å². The molecule has 0 aromatic heterocycles. The number of hydrogen-bond acceptors (Lipinski definition) is 3. The van der Waals surface area contributed by atoms with Crippen molar-refractivity contribution in [3.05, 3.63) is 0 Å². The second-order valence-electron chi connectivity index (χ2n) is 1.43. The van der Waals surface area contributed by atoms with Gasteiger partial charge in [-0.15, -0.1) is 0 Å². The fourth-order valence-electron chi connectivity index (χ4n) is 0.319. The molecule has 3 heteroatoms. The van der Waals surface area contributed by atoms with Crippen molar-refractivity contribution >= 4 is 0 Å². The van der Waals surface area contributed by atoms with Crippen LogP contribution in [-0.4, -0.2) is 20.0 Å². The smallest absolute Gasteiger partial charge is 0.146 e. The summed E-state index contributed by atoms with van der Waals surface area (Å²) in [6, 6.07) is 1.96. The highest BCUT2D eigenvalue weighted by atomic mass is 16.7. The Morgan fingerprint density at radius 1 is 1.44 bits per heavy atom. The van der Waals surface area contributed by atoms with E-state index in [1.807, 2.05) is 13.0 Å². The van der Waals surface area contributed by atoms with Gasteiger partial charge in [0, 0.05) is 6.61 Å². The molecule has 0 spiro atoms. The number of nitriles is 1. The molecule has 0 atom stereocenters. The molecule has 3 nitrogen and oxygen atoms in total. The van der Waals surface area contributed by atoms with Gasteiger partial charge in [-0.25, -0.2) is 0 Å². The molecule has 0 saturated carbocycles. The van der Waals surface area contributed by atoms with Crippen LogP contribution >= 0.6 is 0 Å². The van der Waals surface area contributed by atoms with E-state index in [0.717, 1.165) is 0 Å². The Bertz CT molecular complexity index is 87.5. The fraction of sp³-hybridized carbons (Fsp3) is 0.833. The van der Waals surface area contributed by atoms with Gasteiger partial charge in [-0.2, -0.15) is 5.26 Å². The molecule has 0 aromatic rings. The van der Waals surface area contributed by atoms with Crippen LogP contribution < -0.4 is 0 Å². The van der Waals surface area contributed by atoms with Crippen LogP contribution in [-0.2, 0) is 9.47 Å². The molecule has 0 fully saturated rings. The summed E-state index contributed by atoms with van der Waals surface area (Å²) in [4.78, 5) is 0. The van der Waals surface area contributed by atoms with E-state index in [-0.39, 0.29) is 0 Å². The minimum Gasteiger partial charge on any atom is -0.356 e. The maximum Gasteiger partial charge on any atom is 0.146 e. The first kappa shape index (κ1) is 8.41. The summed E-state index contributed by atoms with van der Waals surface area (Å²) in [7, 11) is 0. The molecule has 0 N–H and O–H groups in total. The Hall–Kier alpha value is -0.590. The summed E-state index contributed by atoms with van der Waals surface area (Å²) < 4.78 is 9.72.